The molecule has 0 aromatic carbocycles. The number of carbonyl (C=O) groups is 2. The Morgan fingerprint density at radius 3 is 2.93 bits per heavy atom. The molecule has 0 unspecified atom stereocenters. The summed E-state index contributed by atoms with van der Waals surface area (Å²) in [6.45, 7) is 0. The Kier molecular flexibility index (Phi) is 2.86. The van der Waals surface area contributed by atoms with E-state index in [9.17, 15) is 9.59 Å². The standard InChI is InChI=1S/C8H7N3O3/c9-4-3-7(12)10-11-5-1-2-6(11)8(13)14/h1-2,5H,3H2,(H,10,12)(H,13,14). The Morgan fingerprint density at radius 2 is 2.36 bits per heavy atom. The smallest absolute Gasteiger partial charge is 0.354 e. The first-order valence-electron chi connectivity index (χ1n) is 3.72. The molecule has 0 saturated carbocycles. The van der Waals surface area contributed by atoms with E-state index in [0.29, 0.717) is 0 Å². The zero-order valence-corrected chi connectivity index (χ0v) is 7.10. The highest BCUT2D eigenvalue weighted by Crippen LogP contribution is 1.99. The molecule has 0 atom stereocenters. The zero-order chi connectivity index (χ0) is 10.6. The summed E-state index contributed by atoms with van der Waals surface area (Å²) in [5, 5.41) is 16.9. The molecule has 1 heterocycles. The Bertz CT molecular complexity index is 402. The van der Waals surface area contributed by atoms with Crippen LogP contribution in [0.25, 0.3) is 0 Å². The normalized spacial score (nSPS) is 9.07. The summed E-state index contributed by atoms with van der Waals surface area (Å²) in [6, 6.07) is 4.48. The van der Waals surface area contributed by atoms with Crippen LogP contribution in [-0.2, 0) is 4.79 Å². The van der Waals surface area contributed by atoms with Crippen LogP contribution in [0.4, 0.5) is 0 Å². The fourth-order valence-electron chi connectivity index (χ4n) is 0.898. The third-order valence-corrected chi connectivity index (χ3v) is 1.45. The maximum Gasteiger partial charge on any atom is 0.354 e. The first kappa shape index (κ1) is 9.80. The number of aromatic carboxylic acids is 1. The molecular formula is C8H7N3O3. The van der Waals surface area contributed by atoms with Crippen LogP contribution in [0.15, 0.2) is 18.3 Å². The minimum Gasteiger partial charge on any atom is -0.477 e. The summed E-state index contributed by atoms with van der Waals surface area (Å²) in [4.78, 5) is 21.5. The average Bonchev–Trinajstić information content (AvgIpc) is 2.52. The molecule has 6 nitrogen and oxygen atoms in total. The molecule has 6 heteroatoms. The first-order chi connectivity index (χ1) is 6.65. The van der Waals surface area contributed by atoms with Gasteiger partial charge in [0, 0.05) is 6.20 Å². The molecule has 0 radical (unpaired) electrons. The predicted octanol–water partition coefficient (Wildman–Crippen LogP) is 0.170. The number of nitrogens with zero attached hydrogens (tertiary/aromatic N) is 2. The van der Waals surface area contributed by atoms with E-state index in [1.165, 1.54) is 18.3 Å². The van der Waals surface area contributed by atoms with Crippen molar-refractivity contribution in [3.05, 3.63) is 24.0 Å². The summed E-state index contributed by atoms with van der Waals surface area (Å²) in [6.07, 6.45) is 1.08. The van der Waals surface area contributed by atoms with Crippen molar-refractivity contribution >= 4 is 11.9 Å². The first-order valence-corrected chi connectivity index (χ1v) is 3.72. The second kappa shape index (κ2) is 4.09. The zero-order valence-electron chi connectivity index (χ0n) is 7.10. The van der Waals surface area contributed by atoms with Gasteiger partial charge >= 0.3 is 5.97 Å². The number of nitrogens with one attached hydrogen (secondary N) is 1. The molecule has 0 aliphatic carbocycles. The molecule has 0 bridgehead atoms. The van der Waals surface area contributed by atoms with Gasteiger partial charge in [-0.3, -0.25) is 14.9 Å². The van der Waals surface area contributed by atoms with Crippen LogP contribution in [0.2, 0.25) is 0 Å². The van der Waals surface area contributed by atoms with Gasteiger partial charge in [-0.1, -0.05) is 0 Å². The fourth-order valence-corrected chi connectivity index (χ4v) is 0.898. The van der Waals surface area contributed by atoms with Crippen molar-refractivity contribution in [3.8, 4) is 6.07 Å². The predicted molar refractivity (Wildman–Crippen MR) is 46.0 cm³/mol. The molecule has 0 fully saturated rings. The van der Waals surface area contributed by atoms with E-state index < -0.39 is 11.9 Å². The second-order valence-electron chi connectivity index (χ2n) is 2.44. The van der Waals surface area contributed by atoms with Gasteiger partial charge in [0.2, 0.25) is 0 Å². The summed E-state index contributed by atoms with van der Waals surface area (Å²) >= 11 is 0. The SMILES string of the molecule is N#CCC(=O)Nn1cccc1C(=O)O. The molecule has 1 aromatic heterocycles. The number of aromatic nitrogens is 1. The molecule has 72 valence electrons. The van der Waals surface area contributed by atoms with E-state index in [2.05, 4.69) is 5.43 Å². The maximum absolute atomic E-state index is 10.9. The van der Waals surface area contributed by atoms with E-state index in [4.69, 9.17) is 10.4 Å². The van der Waals surface area contributed by atoms with Crippen LogP contribution < -0.4 is 5.43 Å². The largest absolute Gasteiger partial charge is 0.477 e. The van der Waals surface area contributed by atoms with E-state index in [0.717, 1.165) is 4.68 Å². The van der Waals surface area contributed by atoms with E-state index in [-0.39, 0.29) is 12.1 Å². The summed E-state index contributed by atoms with van der Waals surface area (Å²) in [5.41, 5.74) is 2.19. The highest BCUT2D eigenvalue weighted by molar-refractivity contribution is 5.89. The number of nitriles is 1. The van der Waals surface area contributed by atoms with Crippen molar-refractivity contribution in [2.24, 2.45) is 0 Å². The van der Waals surface area contributed by atoms with Crippen LogP contribution in [0, 0.1) is 11.3 Å². The number of carboxylic acid groups (broad SMARTS) is 1. The van der Waals surface area contributed by atoms with Crippen molar-refractivity contribution in [3.63, 3.8) is 0 Å². The quantitative estimate of drug-likeness (QED) is 0.715. The van der Waals surface area contributed by atoms with Crippen molar-refractivity contribution < 1.29 is 14.7 Å². The lowest BCUT2D eigenvalue weighted by atomic mass is 10.4. The molecule has 0 saturated heterocycles. The molecule has 0 aliphatic heterocycles. The molecule has 1 amide bonds. The van der Waals surface area contributed by atoms with Crippen LogP contribution in [0.3, 0.4) is 0 Å². The number of hydrogen-bond donors (Lipinski definition) is 2. The van der Waals surface area contributed by atoms with E-state index >= 15 is 0 Å². The molecule has 0 aliphatic rings. The number of hydrogen-bond acceptors (Lipinski definition) is 3. The van der Waals surface area contributed by atoms with Gasteiger partial charge in [-0.25, -0.2) is 4.79 Å². The summed E-state index contributed by atoms with van der Waals surface area (Å²) in [7, 11) is 0. The topological polar surface area (TPSA) is 95.1 Å². The van der Waals surface area contributed by atoms with Crippen molar-refractivity contribution in [2.75, 3.05) is 5.43 Å². The van der Waals surface area contributed by atoms with E-state index in [1.807, 2.05) is 0 Å². The summed E-state index contributed by atoms with van der Waals surface area (Å²) in [5.74, 6) is -1.70. The van der Waals surface area contributed by atoms with Crippen LogP contribution in [0.5, 0.6) is 0 Å². The van der Waals surface area contributed by atoms with Gasteiger partial charge < -0.3 is 5.11 Å². The number of carboxylic acids is 1. The average molecular weight is 193 g/mol. The molecular weight excluding hydrogens is 186 g/mol. The fraction of sp³-hybridized carbons (Fsp3) is 0.125. The van der Waals surface area contributed by atoms with E-state index in [1.54, 1.807) is 6.07 Å². The van der Waals surface area contributed by atoms with Gasteiger partial charge in [0.15, 0.2) is 0 Å². The third kappa shape index (κ3) is 2.10. The van der Waals surface area contributed by atoms with Gasteiger partial charge in [0.25, 0.3) is 5.91 Å². The van der Waals surface area contributed by atoms with Gasteiger partial charge in [-0.2, -0.15) is 5.26 Å². The van der Waals surface area contributed by atoms with Crippen molar-refractivity contribution in [1.82, 2.24) is 4.68 Å². The van der Waals surface area contributed by atoms with Crippen molar-refractivity contribution in [1.29, 1.82) is 5.26 Å². The number of carbonyl (C=O) groups excluding carboxylic acids is 1. The molecule has 1 rings (SSSR count). The molecule has 14 heavy (non-hydrogen) atoms. The molecule has 1 aromatic rings. The minimum absolute atomic E-state index is 0.0590. The Labute approximate surface area is 79.3 Å². The Hall–Kier alpha value is -2.29. The Balaban J connectivity index is 2.77. The van der Waals surface area contributed by atoms with Crippen LogP contribution in [-0.4, -0.2) is 21.7 Å². The Morgan fingerprint density at radius 1 is 1.64 bits per heavy atom. The van der Waals surface area contributed by atoms with Gasteiger partial charge in [0.05, 0.1) is 6.07 Å². The van der Waals surface area contributed by atoms with Crippen molar-refractivity contribution in [2.45, 2.75) is 6.42 Å². The minimum atomic E-state index is -1.15. The number of amides is 1. The summed E-state index contributed by atoms with van der Waals surface area (Å²) < 4.78 is 1.06. The third-order valence-electron chi connectivity index (χ3n) is 1.45. The van der Waals surface area contributed by atoms with Crippen LogP contribution in [0.1, 0.15) is 16.9 Å². The highest BCUT2D eigenvalue weighted by atomic mass is 16.4. The van der Waals surface area contributed by atoms with Gasteiger partial charge in [-0.05, 0) is 12.1 Å². The number of rotatable bonds is 3. The van der Waals surface area contributed by atoms with Gasteiger partial charge in [0.1, 0.15) is 12.1 Å². The highest BCUT2D eigenvalue weighted by Gasteiger charge is 2.10. The lowest BCUT2D eigenvalue weighted by molar-refractivity contribution is -0.116. The second-order valence-corrected chi connectivity index (χ2v) is 2.44. The van der Waals surface area contributed by atoms with Crippen LogP contribution >= 0.6 is 0 Å². The lowest BCUT2D eigenvalue weighted by Crippen LogP contribution is -2.24. The molecule has 0 spiro atoms. The monoisotopic (exact) mass is 193 g/mol. The lowest BCUT2D eigenvalue weighted by Gasteiger charge is -2.05. The maximum atomic E-state index is 10.9. The van der Waals surface area contributed by atoms with Gasteiger partial charge in [-0.15, -0.1) is 0 Å². The molecule has 2 N–H and O–H groups in total.